The summed E-state index contributed by atoms with van der Waals surface area (Å²) in [6.45, 7) is 6.97. The Kier molecular flexibility index (Phi) is 3.26. The Morgan fingerprint density at radius 3 is 2.83 bits per heavy atom. The first-order valence-electron chi connectivity index (χ1n) is 3.91. The van der Waals surface area contributed by atoms with Gasteiger partial charge in [0.2, 0.25) is 0 Å². The first-order chi connectivity index (χ1) is 5.64. The predicted octanol–water partition coefficient (Wildman–Crippen LogP) is 1.38. The van der Waals surface area contributed by atoms with Crippen molar-refractivity contribution in [3.63, 3.8) is 0 Å². The normalized spacial score (nSPS) is 28.4. The molecule has 0 amide bonds. The Labute approximate surface area is 73.3 Å². The number of rotatable bonds is 3. The fraction of sp³-hybridized carbons (Fsp3) is 0.667. The molecular formula is C9H14O3. The van der Waals surface area contributed by atoms with Crippen LogP contribution in [0.5, 0.6) is 0 Å². The standard InChI is InChI=1S/C9H14O3/c1-9(2)11-7-8(12-9)5-4-6-10-3/h4-5,8H,7H2,1-3H3/b5-4+/t8-/m0/s1. The van der Waals surface area contributed by atoms with Crippen LogP contribution in [0.15, 0.2) is 12.2 Å². The summed E-state index contributed by atoms with van der Waals surface area (Å²) in [5.74, 6) is -0.456. The van der Waals surface area contributed by atoms with Gasteiger partial charge in [0, 0.05) is 7.11 Å². The fourth-order valence-corrected chi connectivity index (χ4v) is 1.02. The molecule has 1 saturated heterocycles. The van der Waals surface area contributed by atoms with Gasteiger partial charge < -0.3 is 14.2 Å². The highest BCUT2D eigenvalue weighted by atomic mass is 16.7. The van der Waals surface area contributed by atoms with Crippen molar-refractivity contribution >= 4 is 0 Å². The average Bonchev–Trinajstić information content (AvgIpc) is 2.31. The minimum Gasteiger partial charge on any atom is -0.367 e. The molecule has 1 fully saturated rings. The van der Waals surface area contributed by atoms with Crippen molar-refractivity contribution in [2.24, 2.45) is 0 Å². The smallest absolute Gasteiger partial charge is 0.163 e. The summed E-state index contributed by atoms with van der Waals surface area (Å²) < 4.78 is 15.5. The van der Waals surface area contributed by atoms with Gasteiger partial charge in [-0.3, -0.25) is 0 Å². The van der Waals surface area contributed by atoms with Gasteiger partial charge in [0.1, 0.15) is 6.10 Å². The second kappa shape index (κ2) is 4.03. The van der Waals surface area contributed by atoms with E-state index in [1.807, 2.05) is 19.9 Å². The number of hydrogen-bond donors (Lipinski definition) is 0. The van der Waals surface area contributed by atoms with Crippen LogP contribution in [-0.4, -0.2) is 25.6 Å². The van der Waals surface area contributed by atoms with Crippen LogP contribution < -0.4 is 0 Å². The summed E-state index contributed by atoms with van der Waals surface area (Å²) in [5, 5.41) is 0. The summed E-state index contributed by atoms with van der Waals surface area (Å²) >= 11 is 0. The van der Waals surface area contributed by atoms with Crippen LogP contribution in [0.2, 0.25) is 0 Å². The van der Waals surface area contributed by atoms with E-state index in [9.17, 15) is 0 Å². The second-order valence-electron chi connectivity index (χ2n) is 3.05. The Morgan fingerprint density at radius 2 is 2.33 bits per heavy atom. The molecule has 12 heavy (non-hydrogen) atoms. The van der Waals surface area contributed by atoms with Gasteiger partial charge in [0.15, 0.2) is 12.4 Å². The van der Waals surface area contributed by atoms with E-state index in [1.54, 1.807) is 13.2 Å². The maximum absolute atomic E-state index is 5.49. The van der Waals surface area contributed by atoms with Gasteiger partial charge >= 0.3 is 0 Å². The molecule has 1 atom stereocenters. The summed E-state index contributed by atoms with van der Waals surface area (Å²) in [6, 6.07) is 0. The zero-order valence-electron chi connectivity index (χ0n) is 7.66. The molecule has 1 heterocycles. The van der Waals surface area contributed by atoms with Crippen LogP contribution in [0.4, 0.5) is 0 Å². The molecule has 0 aromatic carbocycles. The summed E-state index contributed by atoms with van der Waals surface area (Å²) in [4.78, 5) is 0. The third-order valence-electron chi connectivity index (χ3n) is 1.53. The van der Waals surface area contributed by atoms with E-state index < -0.39 is 5.79 Å². The maximum atomic E-state index is 5.49. The molecule has 0 aromatic heterocycles. The van der Waals surface area contributed by atoms with Gasteiger partial charge in [-0.1, -0.05) is 6.08 Å². The Balaban J connectivity index is 2.28. The van der Waals surface area contributed by atoms with E-state index in [4.69, 9.17) is 9.47 Å². The summed E-state index contributed by atoms with van der Waals surface area (Å²) in [5.41, 5.74) is 0. The highest BCUT2D eigenvalue weighted by Gasteiger charge is 2.30. The molecule has 0 bridgehead atoms. The Hall–Kier alpha value is -0.380. The van der Waals surface area contributed by atoms with Gasteiger partial charge in [-0.05, 0) is 19.9 Å². The zero-order valence-corrected chi connectivity index (χ0v) is 7.66. The number of ether oxygens (including phenoxy) is 3. The quantitative estimate of drug-likeness (QED) is 0.640. The van der Waals surface area contributed by atoms with Crippen molar-refractivity contribution < 1.29 is 14.2 Å². The third-order valence-corrected chi connectivity index (χ3v) is 1.53. The summed E-state index contributed by atoms with van der Waals surface area (Å²) in [7, 11) is 1.56. The fourth-order valence-electron chi connectivity index (χ4n) is 1.02. The van der Waals surface area contributed by atoms with Gasteiger partial charge in [0.25, 0.3) is 0 Å². The van der Waals surface area contributed by atoms with Crippen LogP contribution in [0.25, 0.3) is 0 Å². The van der Waals surface area contributed by atoms with Crippen molar-refractivity contribution in [1.82, 2.24) is 0 Å². The molecule has 0 saturated carbocycles. The highest BCUT2D eigenvalue weighted by Crippen LogP contribution is 2.22. The lowest BCUT2D eigenvalue weighted by Crippen LogP contribution is -2.20. The van der Waals surface area contributed by atoms with Gasteiger partial charge in [0.05, 0.1) is 6.61 Å². The molecule has 1 rings (SSSR count). The van der Waals surface area contributed by atoms with Crippen molar-refractivity contribution in [2.45, 2.75) is 25.7 Å². The molecule has 1 aliphatic heterocycles. The van der Waals surface area contributed by atoms with Crippen molar-refractivity contribution in [3.8, 4) is 0 Å². The van der Waals surface area contributed by atoms with Gasteiger partial charge in [-0.25, -0.2) is 0 Å². The lowest BCUT2D eigenvalue weighted by atomic mass is 10.3. The lowest BCUT2D eigenvalue weighted by molar-refractivity contribution is -0.133. The van der Waals surface area contributed by atoms with E-state index in [1.165, 1.54) is 0 Å². The second-order valence-corrected chi connectivity index (χ2v) is 3.05. The van der Waals surface area contributed by atoms with E-state index in [0.29, 0.717) is 6.61 Å². The van der Waals surface area contributed by atoms with Crippen LogP contribution >= 0.6 is 0 Å². The first-order valence-corrected chi connectivity index (χ1v) is 3.91. The Morgan fingerprint density at radius 1 is 1.58 bits per heavy atom. The highest BCUT2D eigenvalue weighted by molar-refractivity contribution is 4.97. The molecule has 0 aromatic rings. The zero-order chi connectivity index (χ0) is 9.03. The SMILES string of the molecule is CO[C]/C=C/[C@H]1COC(C)(C)O1. The summed E-state index contributed by atoms with van der Waals surface area (Å²) in [6.07, 6.45) is 3.57. The van der Waals surface area contributed by atoms with E-state index >= 15 is 0 Å². The van der Waals surface area contributed by atoms with Crippen LogP contribution in [-0.2, 0) is 14.2 Å². The molecule has 0 unspecified atom stereocenters. The molecule has 3 nitrogen and oxygen atoms in total. The van der Waals surface area contributed by atoms with E-state index in [0.717, 1.165) is 0 Å². The lowest BCUT2D eigenvalue weighted by Gasteiger charge is -2.15. The monoisotopic (exact) mass is 170 g/mol. The van der Waals surface area contributed by atoms with E-state index in [2.05, 4.69) is 11.3 Å². The minimum atomic E-state index is -0.456. The van der Waals surface area contributed by atoms with Crippen LogP contribution in [0, 0.1) is 6.61 Å². The van der Waals surface area contributed by atoms with Crippen molar-refractivity contribution in [2.75, 3.05) is 13.7 Å². The molecule has 68 valence electrons. The molecule has 1 aliphatic rings. The van der Waals surface area contributed by atoms with Crippen LogP contribution in [0.1, 0.15) is 13.8 Å². The van der Waals surface area contributed by atoms with E-state index in [-0.39, 0.29) is 6.10 Å². The minimum absolute atomic E-state index is 0.0163. The molecule has 0 spiro atoms. The topological polar surface area (TPSA) is 27.7 Å². The number of methoxy groups -OCH3 is 1. The van der Waals surface area contributed by atoms with Gasteiger partial charge in [-0.15, -0.1) is 0 Å². The average molecular weight is 170 g/mol. The molecule has 0 N–H and O–H groups in total. The molecule has 3 heteroatoms. The van der Waals surface area contributed by atoms with Crippen LogP contribution in [0.3, 0.4) is 0 Å². The first kappa shape index (κ1) is 9.71. The largest absolute Gasteiger partial charge is 0.367 e. The predicted molar refractivity (Wildman–Crippen MR) is 44.3 cm³/mol. The maximum Gasteiger partial charge on any atom is 0.163 e. The molecule has 0 aliphatic carbocycles. The third kappa shape index (κ3) is 2.93. The number of hydrogen-bond acceptors (Lipinski definition) is 3. The Bertz CT molecular complexity index is 163. The molecular weight excluding hydrogens is 156 g/mol. The van der Waals surface area contributed by atoms with Crippen molar-refractivity contribution in [1.29, 1.82) is 0 Å². The van der Waals surface area contributed by atoms with Gasteiger partial charge in [-0.2, -0.15) is 0 Å². The van der Waals surface area contributed by atoms with Crippen molar-refractivity contribution in [3.05, 3.63) is 18.8 Å². The molecule has 2 radical (unpaired) electrons.